The Balaban J connectivity index is 1.43. The number of rotatable bonds is 8. The number of fused-ring (bicyclic) bond motifs is 1. The third kappa shape index (κ3) is 5.56. The first-order valence-electron chi connectivity index (χ1n) is 9.11. The van der Waals surface area contributed by atoms with Crippen LogP contribution in [0.3, 0.4) is 0 Å². The number of benzene rings is 3. The van der Waals surface area contributed by atoms with Crippen LogP contribution in [0.5, 0.6) is 5.75 Å². The van der Waals surface area contributed by atoms with Gasteiger partial charge in [0.25, 0.3) is 0 Å². The maximum absolute atomic E-state index is 5.47. The lowest BCUT2D eigenvalue weighted by atomic mass is 10.0. The van der Waals surface area contributed by atoms with Crippen LogP contribution in [0, 0.1) is 0 Å². The molecule has 0 aromatic heterocycles. The molecule has 0 unspecified atom stereocenters. The summed E-state index contributed by atoms with van der Waals surface area (Å²) in [4.78, 5) is 0. The topological polar surface area (TPSA) is 33.3 Å². The second-order valence-corrected chi connectivity index (χ2v) is 6.66. The van der Waals surface area contributed by atoms with Crippen LogP contribution in [0.25, 0.3) is 10.8 Å². The predicted octanol–water partition coefficient (Wildman–Crippen LogP) is 5.32. The van der Waals surface area contributed by atoms with Crippen molar-refractivity contribution in [2.45, 2.75) is 12.8 Å². The van der Waals surface area contributed by atoms with Crippen molar-refractivity contribution in [2.24, 2.45) is 0 Å². The molecule has 4 heteroatoms. The van der Waals surface area contributed by atoms with Crippen LogP contribution in [-0.2, 0) is 6.42 Å². The van der Waals surface area contributed by atoms with E-state index in [0.717, 1.165) is 30.8 Å². The fraction of sp³-hybridized carbons (Fsp3) is 0.174. The van der Waals surface area contributed by atoms with Gasteiger partial charge >= 0.3 is 0 Å². The largest absolute Gasteiger partial charge is 0.490 e. The highest BCUT2D eigenvalue weighted by Crippen LogP contribution is 2.19. The molecule has 138 valence electrons. The molecule has 3 aromatic rings. The molecule has 0 radical (unpaired) electrons. The van der Waals surface area contributed by atoms with Crippen molar-refractivity contribution in [1.82, 2.24) is 5.32 Å². The van der Waals surface area contributed by atoms with E-state index in [1.807, 2.05) is 24.3 Å². The minimum absolute atomic E-state index is 0.503. The molecule has 0 aliphatic heterocycles. The number of anilines is 1. The van der Waals surface area contributed by atoms with E-state index in [-0.39, 0.29) is 0 Å². The van der Waals surface area contributed by atoms with Gasteiger partial charge in [-0.05, 0) is 65.7 Å². The molecule has 0 aliphatic carbocycles. The van der Waals surface area contributed by atoms with E-state index in [1.54, 1.807) is 6.08 Å². The zero-order valence-electron chi connectivity index (χ0n) is 15.3. The zero-order chi connectivity index (χ0) is 18.9. The summed E-state index contributed by atoms with van der Waals surface area (Å²) >= 11 is 5.38. The molecular weight excluding hydrogens is 352 g/mol. The van der Waals surface area contributed by atoms with Gasteiger partial charge in [-0.25, -0.2) is 0 Å². The van der Waals surface area contributed by atoms with Crippen LogP contribution >= 0.6 is 12.2 Å². The third-order valence-corrected chi connectivity index (χ3v) is 4.51. The summed E-state index contributed by atoms with van der Waals surface area (Å²) in [6.07, 6.45) is 3.76. The highest BCUT2D eigenvalue weighted by atomic mass is 32.1. The predicted molar refractivity (Wildman–Crippen MR) is 119 cm³/mol. The van der Waals surface area contributed by atoms with Gasteiger partial charge in [0.2, 0.25) is 0 Å². The average molecular weight is 377 g/mol. The summed E-state index contributed by atoms with van der Waals surface area (Å²) in [5.74, 6) is 0.814. The minimum Gasteiger partial charge on any atom is -0.490 e. The SMILES string of the molecule is C=CCOc1ccc(NC(=S)NCCCc2cccc3ccccc23)cc1. The normalized spacial score (nSPS) is 10.4. The van der Waals surface area contributed by atoms with E-state index in [9.17, 15) is 0 Å². The van der Waals surface area contributed by atoms with E-state index >= 15 is 0 Å². The number of thiocarbonyl (C=S) groups is 1. The van der Waals surface area contributed by atoms with Gasteiger partial charge in [0.05, 0.1) is 0 Å². The molecule has 0 aliphatic rings. The van der Waals surface area contributed by atoms with E-state index < -0.39 is 0 Å². The standard InChI is InChI=1S/C23H24N2OS/c1-2-17-26-21-14-12-20(13-15-21)25-23(27)24-16-6-10-19-9-5-8-18-7-3-4-11-22(18)19/h2-5,7-9,11-15H,1,6,10,16-17H2,(H2,24,25,27). The lowest BCUT2D eigenvalue weighted by Crippen LogP contribution is -2.29. The first kappa shape index (κ1) is 18.9. The van der Waals surface area contributed by atoms with Crippen LogP contribution < -0.4 is 15.4 Å². The summed E-state index contributed by atoms with van der Waals surface area (Å²) in [6.45, 7) is 4.97. The van der Waals surface area contributed by atoms with E-state index in [1.165, 1.54) is 16.3 Å². The summed E-state index contributed by atoms with van der Waals surface area (Å²) < 4.78 is 5.47. The van der Waals surface area contributed by atoms with Crippen molar-refractivity contribution in [2.75, 3.05) is 18.5 Å². The molecule has 0 saturated heterocycles. The van der Waals surface area contributed by atoms with Crippen LogP contribution in [0.2, 0.25) is 0 Å². The van der Waals surface area contributed by atoms with Crippen LogP contribution in [-0.4, -0.2) is 18.3 Å². The molecular formula is C23H24N2OS. The fourth-order valence-corrected chi connectivity index (χ4v) is 3.18. The Bertz CT molecular complexity index is 900. The van der Waals surface area contributed by atoms with Gasteiger partial charge < -0.3 is 15.4 Å². The lowest BCUT2D eigenvalue weighted by molar-refractivity contribution is 0.363. The number of hydrogen-bond donors (Lipinski definition) is 2. The Morgan fingerprint density at radius 3 is 2.59 bits per heavy atom. The Morgan fingerprint density at radius 2 is 1.78 bits per heavy atom. The molecule has 0 amide bonds. The molecule has 2 N–H and O–H groups in total. The Labute approximate surface area is 166 Å². The molecule has 0 spiro atoms. The van der Waals surface area contributed by atoms with Crippen molar-refractivity contribution in [3.63, 3.8) is 0 Å². The van der Waals surface area contributed by atoms with Gasteiger partial charge in [0, 0.05) is 12.2 Å². The van der Waals surface area contributed by atoms with E-state index in [2.05, 4.69) is 59.7 Å². The monoisotopic (exact) mass is 376 g/mol. The number of ether oxygens (including phenoxy) is 1. The van der Waals surface area contributed by atoms with Gasteiger partial charge in [0.15, 0.2) is 5.11 Å². The summed E-state index contributed by atoms with van der Waals surface area (Å²) in [5.41, 5.74) is 2.32. The molecule has 3 aromatic carbocycles. The van der Waals surface area contributed by atoms with Crippen molar-refractivity contribution in [1.29, 1.82) is 0 Å². The van der Waals surface area contributed by atoms with Gasteiger partial charge in [0.1, 0.15) is 12.4 Å². The number of hydrogen-bond acceptors (Lipinski definition) is 2. The Morgan fingerprint density at radius 1 is 1.00 bits per heavy atom. The van der Waals surface area contributed by atoms with Gasteiger partial charge in [-0.2, -0.15) is 0 Å². The van der Waals surface area contributed by atoms with Crippen LogP contribution in [0.4, 0.5) is 5.69 Å². The fourth-order valence-electron chi connectivity index (χ4n) is 2.96. The number of nitrogens with one attached hydrogen (secondary N) is 2. The average Bonchev–Trinajstić information content (AvgIpc) is 2.71. The van der Waals surface area contributed by atoms with Gasteiger partial charge in [-0.15, -0.1) is 0 Å². The van der Waals surface area contributed by atoms with Crippen molar-refractivity contribution >= 4 is 33.8 Å². The van der Waals surface area contributed by atoms with Gasteiger partial charge in [-0.3, -0.25) is 0 Å². The molecule has 27 heavy (non-hydrogen) atoms. The summed E-state index contributed by atoms with van der Waals surface area (Å²) in [6, 6.07) is 22.7. The lowest BCUT2D eigenvalue weighted by Gasteiger charge is -2.12. The van der Waals surface area contributed by atoms with Crippen LogP contribution in [0.1, 0.15) is 12.0 Å². The van der Waals surface area contributed by atoms with Crippen molar-refractivity contribution in [3.05, 3.63) is 84.9 Å². The van der Waals surface area contributed by atoms with E-state index in [4.69, 9.17) is 17.0 Å². The second-order valence-electron chi connectivity index (χ2n) is 6.25. The Hall–Kier alpha value is -2.85. The van der Waals surface area contributed by atoms with Crippen molar-refractivity contribution < 1.29 is 4.74 Å². The molecule has 0 saturated carbocycles. The maximum atomic E-state index is 5.47. The molecule has 3 nitrogen and oxygen atoms in total. The summed E-state index contributed by atoms with van der Waals surface area (Å²) in [5, 5.41) is 9.73. The molecule has 3 rings (SSSR count). The highest BCUT2D eigenvalue weighted by Gasteiger charge is 2.02. The third-order valence-electron chi connectivity index (χ3n) is 4.27. The molecule has 0 fully saturated rings. The Kier molecular flexibility index (Phi) is 6.83. The highest BCUT2D eigenvalue weighted by molar-refractivity contribution is 7.80. The van der Waals surface area contributed by atoms with Gasteiger partial charge in [-0.1, -0.05) is 55.1 Å². The van der Waals surface area contributed by atoms with E-state index in [0.29, 0.717) is 11.7 Å². The first-order valence-corrected chi connectivity index (χ1v) is 9.52. The number of aryl methyl sites for hydroxylation is 1. The first-order chi connectivity index (χ1) is 13.3. The van der Waals surface area contributed by atoms with Crippen molar-refractivity contribution in [3.8, 4) is 5.75 Å². The maximum Gasteiger partial charge on any atom is 0.170 e. The van der Waals surface area contributed by atoms with Crippen LogP contribution in [0.15, 0.2) is 79.4 Å². The summed E-state index contributed by atoms with van der Waals surface area (Å²) in [7, 11) is 0. The minimum atomic E-state index is 0.503. The molecule has 0 heterocycles. The second kappa shape index (κ2) is 9.74. The molecule has 0 atom stereocenters. The smallest absolute Gasteiger partial charge is 0.170 e. The zero-order valence-corrected chi connectivity index (χ0v) is 16.1. The quantitative estimate of drug-likeness (QED) is 0.316. The molecule has 0 bridgehead atoms.